The van der Waals surface area contributed by atoms with Gasteiger partial charge in [-0.15, -0.1) is 0 Å². The summed E-state index contributed by atoms with van der Waals surface area (Å²) in [5.74, 6) is 2.86. The Morgan fingerprint density at radius 3 is 3.00 bits per heavy atom. The van der Waals surface area contributed by atoms with Crippen molar-refractivity contribution in [3.63, 3.8) is 0 Å². The van der Waals surface area contributed by atoms with Crippen molar-refractivity contribution in [1.29, 1.82) is 0 Å². The molecule has 1 atom stereocenters. The standard InChI is InChI=1S/C14H22N4O/c15-6-5-10-2-1-7-18(9-10)12-8-13(19)17-14(16-12)11-3-4-11/h8,10-11H,1-7,9,15H2,(H,16,17,19). The van der Waals surface area contributed by atoms with Crippen LogP contribution in [0.25, 0.3) is 0 Å². The van der Waals surface area contributed by atoms with Crippen LogP contribution in [-0.4, -0.2) is 29.6 Å². The molecule has 2 fully saturated rings. The highest BCUT2D eigenvalue weighted by Crippen LogP contribution is 2.38. The lowest BCUT2D eigenvalue weighted by Crippen LogP contribution is -2.37. The van der Waals surface area contributed by atoms with Crippen molar-refractivity contribution >= 4 is 5.82 Å². The van der Waals surface area contributed by atoms with Gasteiger partial charge in [-0.05, 0) is 44.6 Å². The van der Waals surface area contributed by atoms with Gasteiger partial charge in [-0.3, -0.25) is 4.79 Å². The van der Waals surface area contributed by atoms with E-state index in [2.05, 4.69) is 14.9 Å². The lowest BCUT2D eigenvalue weighted by atomic mass is 9.95. The zero-order valence-corrected chi connectivity index (χ0v) is 11.3. The third kappa shape index (κ3) is 2.97. The van der Waals surface area contributed by atoms with E-state index in [1.54, 1.807) is 6.07 Å². The molecule has 2 aliphatic rings. The van der Waals surface area contributed by atoms with Gasteiger partial charge in [0.05, 0.1) is 0 Å². The molecule has 0 radical (unpaired) electrons. The summed E-state index contributed by atoms with van der Waals surface area (Å²) in [5.41, 5.74) is 5.63. The van der Waals surface area contributed by atoms with Gasteiger partial charge in [-0.1, -0.05) is 0 Å². The Hall–Kier alpha value is -1.36. The molecule has 2 heterocycles. The molecule has 0 amide bonds. The predicted molar refractivity (Wildman–Crippen MR) is 75.4 cm³/mol. The maximum absolute atomic E-state index is 11.8. The van der Waals surface area contributed by atoms with Crippen molar-refractivity contribution in [2.45, 2.75) is 38.0 Å². The van der Waals surface area contributed by atoms with Crippen LogP contribution in [0.15, 0.2) is 10.9 Å². The molecule has 1 aliphatic heterocycles. The molecule has 1 saturated heterocycles. The van der Waals surface area contributed by atoms with Crippen LogP contribution in [0.3, 0.4) is 0 Å². The summed E-state index contributed by atoms with van der Waals surface area (Å²) in [6.45, 7) is 2.73. The van der Waals surface area contributed by atoms with Gasteiger partial charge in [0.2, 0.25) is 0 Å². The number of H-pyrrole nitrogens is 1. The average molecular weight is 262 g/mol. The van der Waals surface area contributed by atoms with Crippen molar-refractivity contribution in [3.8, 4) is 0 Å². The van der Waals surface area contributed by atoms with E-state index in [0.717, 1.165) is 57.0 Å². The molecule has 0 bridgehead atoms. The number of aromatic nitrogens is 2. The fraction of sp³-hybridized carbons (Fsp3) is 0.714. The summed E-state index contributed by atoms with van der Waals surface area (Å²) >= 11 is 0. The maximum atomic E-state index is 11.8. The second-order valence-corrected chi connectivity index (χ2v) is 5.79. The van der Waals surface area contributed by atoms with Crippen LogP contribution in [0, 0.1) is 5.92 Å². The molecule has 1 aromatic rings. The number of nitrogens with zero attached hydrogens (tertiary/aromatic N) is 2. The molecule has 1 aromatic heterocycles. The minimum absolute atomic E-state index is 0.0205. The van der Waals surface area contributed by atoms with Crippen molar-refractivity contribution < 1.29 is 0 Å². The van der Waals surface area contributed by atoms with E-state index in [4.69, 9.17) is 5.73 Å². The van der Waals surface area contributed by atoms with Gasteiger partial charge in [0.1, 0.15) is 11.6 Å². The van der Waals surface area contributed by atoms with Crippen molar-refractivity contribution in [2.75, 3.05) is 24.5 Å². The number of rotatable bonds is 4. The number of hydrogen-bond acceptors (Lipinski definition) is 4. The number of aromatic amines is 1. The fourth-order valence-electron chi connectivity index (χ4n) is 2.92. The van der Waals surface area contributed by atoms with E-state index in [1.807, 2.05) is 0 Å². The van der Waals surface area contributed by atoms with Gasteiger partial charge in [0.25, 0.3) is 5.56 Å². The van der Waals surface area contributed by atoms with E-state index < -0.39 is 0 Å². The molecule has 5 nitrogen and oxygen atoms in total. The van der Waals surface area contributed by atoms with Crippen molar-refractivity contribution in [2.24, 2.45) is 11.7 Å². The smallest absolute Gasteiger partial charge is 0.252 e. The lowest BCUT2D eigenvalue weighted by Gasteiger charge is -2.33. The number of hydrogen-bond donors (Lipinski definition) is 2. The normalized spacial score (nSPS) is 23.6. The van der Waals surface area contributed by atoms with Crippen LogP contribution in [0.5, 0.6) is 0 Å². The van der Waals surface area contributed by atoms with Gasteiger partial charge >= 0.3 is 0 Å². The minimum atomic E-state index is -0.0205. The van der Waals surface area contributed by atoms with E-state index >= 15 is 0 Å². The zero-order valence-electron chi connectivity index (χ0n) is 11.3. The van der Waals surface area contributed by atoms with Crippen LogP contribution < -0.4 is 16.2 Å². The number of anilines is 1. The molecule has 104 valence electrons. The zero-order chi connectivity index (χ0) is 13.2. The molecular formula is C14H22N4O. The average Bonchev–Trinajstić information content (AvgIpc) is 3.23. The number of nitrogens with two attached hydrogens (primary N) is 1. The summed E-state index contributed by atoms with van der Waals surface area (Å²) in [5, 5.41) is 0. The number of nitrogens with one attached hydrogen (secondary N) is 1. The minimum Gasteiger partial charge on any atom is -0.356 e. The highest BCUT2D eigenvalue weighted by atomic mass is 16.1. The van der Waals surface area contributed by atoms with Gasteiger partial charge in [0.15, 0.2) is 0 Å². The van der Waals surface area contributed by atoms with E-state index in [-0.39, 0.29) is 5.56 Å². The van der Waals surface area contributed by atoms with Crippen LogP contribution in [0.4, 0.5) is 5.82 Å². The van der Waals surface area contributed by atoms with E-state index in [1.165, 1.54) is 6.42 Å². The molecule has 0 spiro atoms. The topological polar surface area (TPSA) is 75.0 Å². The first-order valence-electron chi connectivity index (χ1n) is 7.32. The van der Waals surface area contributed by atoms with Gasteiger partial charge in [-0.25, -0.2) is 4.98 Å². The largest absolute Gasteiger partial charge is 0.356 e. The molecule has 3 rings (SSSR count). The molecule has 19 heavy (non-hydrogen) atoms. The van der Waals surface area contributed by atoms with Crippen molar-refractivity contribution in [1.82, 2.24) is 9.97 Å². The Morgan fingerprint density at radius 1 is 1.42 bits per heavy atom. The Kier molecular flexibility index (Phi) is 3.55. The first-order valence-corrected chi connectivity index (χ1v) is 7.32. The second kappa shape index (κ2) is 5.33. The Labute approximate surface area is 113 Å². The van der Waals surface area contributed by atoms with E-state index in [0.29, 0.717) is 11.8 Å². The first kappa shape index (κ1) is 12.7. The second-order valence-electron chi connectivity index (χ2n) is 5.79. The summed E-state index contributed by atoms with van der Waals surface area (Å²) in [6.07, 6.45) is 5.78. The first-order chi connectivity index (χ1) is 9.26. The highest BCUT2D eigenvalue weighted by Gasteiger charge is 2.28. The van der Waals surface area contributed by atoms with Crippen molar-refractivity contribution in [3.05, 3.63) is 22.2 Å². The summed E-state index contributed by atoms with van der Waals surface area (Å²) in [6, 6.07) is 1.64. The SMILES string of the molecule is NCCC1CCCN(c2cc(=O)[nH]c(C3CC3)n2)C1. The maximum Gasteiger partial charge on any atom is 0.252 e. The molecular weight excluding hydrogens is 240 g/mol. The number of piperidine rings is 1. The third-order valence-corrected chi connectivity index (χ3v) is 4.13. The van der Waals surface area contributed by atoms with Crippen LogP contribution in [-0.2, 0) is 0 Å². The van der Waals surface area contributed by atoms with E-state index in [9.17, 15) is 4.79 Å². The predicted octanol–water partition coefficient (Wildman–Crippen LogP) is 1.21. The fourth-order valence-corrected chi connectivity index (χ4v) is 2.92. The molecule has 0 aromatic carbocycles. The molecule has 5 heteroatoms. The van der Waals surface area contributed by atoms with Gasteiger partial charge < -0.3 is 15.6 Å². The molecule has 1 aliphatic carbocycles. The van der Waals surface area contributed by atoms with Gasteiger partial charge in [0, 0.05) is 25.1 Å². The van der Waals surface area contributed by atoms with Crippen LogP contribution in [0.1, 0.15) is 43.8 Å². The molecule has 3 N–H and O–H groups in total. The molecule has 1 unspecified atom stereocenters. The molecule has 1 saturated carbocycles. The Balaban J connectivity index is 1.78. The lowest BCUT2D eigenvalue weighted by molar-refractivity contribution is 0.394. The summed E-state index contributed by atoms with van der Waals surface area (Å²) < 4.78 is 0. The monoisotopic (exact) mass is 262 g/mol. The van der Waals surface area contributed by atoms with Crippen LogP contribution >= 0.6 is 0 Å². The van der Waals surface area contributed by atoms with Crippen LogP contribution in [0.2, 0.25) is 0 Å². The summed E-state index contributed by atoms with van der Waals surface area (Å²) in [4.78, 5) is 21.5. The highest BCUT2D eigenvalue weighted by molar-refractivity contribution is 5.38. The Morgan fingerprint density at radius 2 is 2.26 bits per heavy atom. The third-order valence-electron chi connectivity index (χ3n) is 4.13. The summed E-state index contributed by atoms with van der Waals surface area (Å²) in [7, 11) is 0. The quantitative estimate of drug-likeness (QED) is 0.855. The Bertz CT molecular complexity index is 492. The van der Waals surface area contributed by atoms with Gasteiger partial charge in [-0.2, -0.15) is 0 Å².